The summed E-state index contributed by atoms with van der Waals surface area (Å²) in [7, 11) is 2.99. The van der Waals surface area contributed by atoms with Crippen LogP contribution in [0.2, 0.25) is 0 Å². The maximum atomic E-state index is 12.8. The number of carbonyl (C=O) groups excluding carboxylic acids is 1. The van der Waals surface area contributed by atoms with Crippen LogP contribution < -0.4 is 5.32 Å². The molecule has 0 radical (unpaired) electrons. The second-order valence-electron chi connectivity index (χ2n) is 4.64. The molecule has 0 heterocycles. The molecule has 1 atom stereocenters. The molecule has 7 heteroatoms. The largest absolute Gasteiger partial charge is 0.416 e. The van der Waals surface area contributed by atoms with Crippen LogP contribution in [0.15, 0.2) is 18.2 Å². The molecule has 114 valence electrons. The molecule has 0 fully saturated rings. The number of nitrogens with zero attached hydrogens (tertiary/aromatic N) is 2. The average Bonchev–Trinajstić information content (AvgIpc) is 2.44. The molecule has 0 bridgehead atoms. The van der Waals surface area contributed by atoms with Crippen LogP contribution in [0.1, 0.15) is 29.3 Å². The summed E-state index contributed by atoms with van der Waals surface area (Å²) in [5.74, 6) is -0.562. The first-order chi connectivity index (χ1) is 9.72. The van der Waals surface area contributed by atoms with Crippen LogP contribution in [0.3, 0.4) is 0 Å². The van der Waals surface area contributed by atoms with E-state index < -0.39 is 17.6 Å². The van der Waals surface area contributed by atoms with E-state index in [1.54, 1.807) is 6.92 Å². The van der Waals surface area contributed by atoms with Crippen molar-refractivity contribution in [2.24, 2.45) is 0 Å². The van der Waals surface area contributed by atoms with E-state index in [0.717, 1.165) is 12.1 Å². The lowest BCUT2D eigenvalue weighted by molar-refractivity contribution is -0.137. The Morgan fingerprint density at radius 3 is 2.57 bits per heavy atom. The summed E-state index contributed by atoms with van der Waals surface area (Å²) < 4.78 is 38.3. The van der Waals surface area contributed by atoms with Crippen molar-refractivity contribution in [1.29, 1.82) is 5.26 Å². The summed E-state index contributed by atoms with van der Waals surface area (Å²) in [6, 6.07) is 4.50. The molecule has 1 unspecified atom stereocenters. The van der Waals surface area contributed by atoms with Crippen LogP contribution in [0.25, 0.3) is 0 Å². The lowest BCUT2D eigenvalue weighted by Crippen LogP contribution is -2.35. The van der Waals surface area contributed by atoms with Crippen molar-refractivity contribution in [2.75, 3.05) is 19.4 Å². The van der Waals surface area contributed by atoms with E-state index in [0.29, 0.717) is 5.69 Å². The van der Waals surface area contributed by atoms with E-state index in [1.807, 2.05) is 6.07 Å². The fourth-order valence-corrected chi connectivity index (χ4v) is 1.77. The molecular weight excluding hydrogens is 283 g/mol. The number of carbonyl (C=O) groups is 1. The summed E-state index contributed by atoms with van der Waals surface area (Å²) in [5, 5.41) is 11.3. The highest BCUT2D eigenvalue weighted by atomic mass is 19.4. The van der Waals surface area contributed by atoms with Crippen molar-refractivity contribution < 1.29 is 18.0 Å². The van der Waals surface area contributed by atoms with E-state index in [9.17, 15) is 18.0 Å². The number of amides is 1. The van der Waals surface area contributed by atoms with Crippen LogP contribution in [-0.4, -0.2) is 30.9 Å². The van der Waals surface area contributed by atoms with E-state index in [-0.39, 0.29) is 18.0 Å². The topological polar surface area (TPSA) is 56.1 Å². The summed E-state index contributed by atoms with van der Waals surface area (Å²) in [6.07, 6.45) is -4.41. The van der Waals surface area contributed by atoms with Gasteiger partial charge in [-0.25, -0.2) is 0 Å². The van der Waals surface area contributed by atoms with Gasteiger partial charge in [-0.15, -0.1) is 0 Å². The molecule has 0 spiro atoms. The molecule has 1 amide bonds. The maximum Gasteiger partial charge on any atom is 0.416 e. The van der Waals surface area contributed by atoms with Crippen molar-refractivity contribution in [3.63, 3.8) is 0 Å². The first-order valence-corrected chi connectivity index (χ1v) is 6.25. The van der Waals surface area contributed by atoms with Crippen molar-refractivity contribution in [3.05, 3.63) is 29.3 Å². The van der Waals surface area contributed by atoms with E-state index in [2.05, 4.69) is 5.32 Å². The minimum Gasteiger partial charge on any atom is -0.387 e. The molecule has 1 N–H and O–H groups in total. The molecule has 0 aromatic heterocycles. The predicted octanol–water partition coefficient (Wildman–Crippen LogP) is 3.12. The number of nitriles is 1. The van der Waals surface area contributed by atoms with Crippen molar-refractivity contribution in [1.82, 2.24) is 4.90 Å². The average molecular weight is 299 g/mol. The van der Waals surface area contributed by atoms with Gasteiger partial charge in [0.15, 0.2) is 0 Å². The molecule has 1 rings (SSSR count). The van der Waals surface area contributed by atoms with Crippen LogP contribution in [0, 0.1) is 11.3 Å². The van der Waals surface area contributed by atoms with Gasteiger partial charge in [-0.1, -0.05) is 0 Å². The number of halogens is 3. The minimum atomic E-state index is -4.52. The van der Waals surface area contributed by atoms with Gasteiger partial charge in [-0.2, -0.15) is 18.4 Å². The highest BCUT2D eigenvalue weighted by Crippen LogP contribution is 2.32. The van der Waals surface area contributed by atoms with Gasteiger partial charge in [0.1, 0.15) is 0 Å². The second-order valence-corrected chi connectivity index (χ2v) is 4.64. The minimum absolute atomic E-state index is 0.0698. The Kier molecular flexibility index (Phi) is 5.19. The third-order valence-electron chi connectivity index (χ3n) is 3.21. The molecule has 1 aromatic carbocycles. The lowest BCUT2D eigenvalue weighted by atomic mass is 10.1. The highest BCUT2D eigenvalue weighted by molar-refractivity contribution is 5.99. The van der Waals surface area contributed by atoms with Crippen LogP contribution >= 0.6 is 0 Å². The molecule has 0 aliphatic carbocycles. The molecule has 21 heavy (non-hydrogen) atoms. The SMILES string of the molecule is CNc1ccc(C(F)(F)F)cc1C(=O)N(C)C(C)CC#N. The Morgan fingerprint density at radius 2 is 2.10 bits per heavy atom. The number of rotatable bonds is 4. The van der Waals surface area contributed by atoms with Crippen molar-refractivity contribution in [2.45, 2.75) is 25.6 Å². The zero-order valence-corrected chi connectivity index (χ0v) is 12.0. The Labute approximate surface area is 121 Å². The Bertz CT molecular complexity index is 564. The smallest absolute Gasteiger partial charge is 0.387 e. The first-order valence-electron chi connectivity index (χ1n) is 6.25. The number of benzene rings is 1. The van der Waals surface area contributed by atoms with Gasteiger partial charge in [0.05, 0.1) is 23.6 Å². The van der Waals surface area contributed by atoms with Crippen molar-refractivity contribution >= 4 is 11.6 Å². The molecular formula is C14H16F3N3O. The third kappa shape index (κ3) is 3.88. The Hall–Kier alpha value is -2.23. The normalized spacial score (nSPS) is 12.4. The number of hydrogen-bond donors (Lipinski definition) is 1. The van der Waals surface area contributed by atoms with Crippen molar-refractivity contribution in [3.8, 4) is 6.07 Å². The standard InChI is InChI=1S/C14H16F3N3O/c1-9(6-7-18)20(3)13(21)11-8-10(14(15,16)17)4-5-12(11)19-2/h4-5,8-9,19H,6H2,1-3H3. The van der Waals surface area contributed by atoms with Crippen LogP contribution in [0.4, 0.5) is 18.9 Å². The maximum absolute atomic E-state index is 12.8. The molecule has 0 aliphatic rings. The molecule has 0 saturated heterocycles. The predicted molar refractivity (Wildman–Crippen MR) is 72.8 cm³/mol. The third-order valence-corrected chi connectivity index (χ3v) is 3.21. The molecule has 4 nitrogen and oxygen atoms in total. The molecule has 0 aliphatic heterocycles. The van der Waals surface area contributed by atoms with E-state index >= 15 is 0 Å². The second kappa shape index (κ2) is 6.48. The number of anilines is 1. The highest BCUT2D eigenvalue weighted by Gasteiger charge is 2.32. The van der Waals surface area contributed by atoms with Crippen LogP contribution in [-0.2, 0) is 6.18 Å². The van der Waals surface area contributed by atoms with Gasteiger partial charge in [0, 0.05) is 25.8 Å². The number of nitrogens with one attached hydrogen (secondary N) is 1. The quantitative estimate of drug-likeness (QED) is 0.929. The van der Waals surface area contributed by atoms with E-state index in [4.69, 9.17) is 5.26 Å². The Balaban J connectivity index is 3.21. The van der Waals surface area contributed by atoms with Gasteiger partial charge < -0.3 is 10.2 Å². The summed E-state index contributed by atoms with van der Waals surface area (Å²) in [6.45, 7) is 1.66. The zero-order chi connectivity index (χ0) is 16.2. The van der Waals surface area contributed by atoms with Gasteiger partial charge >= 0.3 is 6.18 Å². The van der Waals surface area contributed by atoms with Gasteiger partial charge in [0.25, 0.3) is 5.91 Å². The summed E-state index contributed by atoms with van der Waals surface area (Å²) >= 11 is 0. The fourth-order valence-electron chi connectivity index (χ4n) is 1.77. The van der Waals surface area contributed by atoms with Gasteiger partial charge in [0.2, 0.25) is 0 Å². The fraction of sp³-hybridized carbons (Fsp3) is 0.429. The zero-order valence-electron chi connectivity index (χ0n) is 12.0. The monoisotopic (exact) mass is 299 g/mol. The Morgan fingerprint density at radius 1 is 1.48 bits per heavy atom. The van der Waals surface area contributed by atoms with Gasteiger partial charge in [-0.05, 0) is 25.1 Å². The lowest BCUT2D eigenvalue weighted by Gasteiger charge is -2.24. The number of alkyl halides is 3. The summed E-state index contributed by atoms with van der Waals surface area (Å²) in [5.41, 5.74) is -0.644. The summed E-state index contributed by atoms with van der Waals surface area (Å²) in [4.78, 5) is 13.6. The number of hydrogen-bond acceptors (Lipinski definition) is 3. The molecule has 1 aromatic rings. The van der Waals surface area contributed by atoms with E-state index in [1.165, 1.54) is 25.1 Å². The first kappa shape index (κ1) is 16.8. The molecule has 0 saturated carbocycles. The van der Waals surface area contributed by atoms with Gasteiger partial charge in [-0.3, -0.25) is 4.79 Å². The van der Waals surface area contributed by atoms with Crippen LogP contribution in [0.5, 0.6) is 0 Å².